The lowest BCUT2D eigenvalue weighted by Crippen LogP contribution is -2.31. The zero-order valence-electron chi connectivity index (χ0n) is 15.4. The molecule has 4 rings (SSSR count). The van der Waals surface area contributed by atoms with Crippen LogP contribution < -0.4 is 10.2 Å². The predicted molar refractivity (Wildman–Crippen MR) is 102 cm³/mol. The van der Waals surface area contributed by atoms with Gasteiger partial charge in [-0.1, -0.05) is 6.07 Å². The van der Waals surface area contributed by atoms with E-state index in [2.05, 4.69) is 15.2 Å². The third kappa shape index (κ3) is 3.88. The molecule has 1 saturated carbocycles. The fourth-order valence-corrected chi connectivity index (χ4v) is 3.41. The molecule has 1 aliphatic carbocycles. The first-order valence-corrected chi connectivity index (χ1v) is 9.36. The number of ether oxygens (including phenoxy) is 1. The van der Waals surface area contributed by atoms with E-state index in [1.807, 2.05) is 24.3 Å². The Morgan fingerprint density at radius 3 is 2.89 bits per heavy atom. The van der Waals surface area contributed by atoms with Crippen LogP contribution in [0.3, 0.4) is 0 Å². The summed E-state index contributed by atoms with van der Waals surface area (Å²) in [5.41, 5.74) is 2.98. The zero-order valence-corrected chi connectivity index (χ0v) is 15.4. The summed E-state index contributed by atoms with van der Waals surface area (Å²) in [5.74, 6) is 2.72. The Balaban J connectivity index is 1.57. The maximum absolute atomic E-state index is 11.7. The quantitative estimate of drug-likeness (QED) is 0.755. The van der Waals surface area contributed by atoms with Crippen LogP contribution >= 0.6 is 0 Å². The lowest BCUT2D eigenvalue weighted by molar-refractivity contribution is 0.0600. The van der Waals surface area contributed by atoms with E-state index in [0.29, 0.717) is 18.0 Å². The van der Waals surface area contributed by atoms with Crippen molar-refractivity contribution in [2.75, 3.05) is 37.0 Å². The Kier molecular flexibility index (Phi) is 4.94. The van der Waals surface area contributed by atoms with Crippen molar-refractivity contribution in [1.82, 2.24) is 9.97 Å². The highest BCUT2D eigenvalue weighted by Gasteiger charge is 2.28. The molecule has 0 unspecified atom stereocenters. The van der Waals surface area contributed by atoms with Crippen LogP contribution in [-0.2, 0) is 17.7 Å². The molecule has 2 heterocycles. The van der Waals surface area contributed by atoms with E-state index in [9.17, 15) is 4.79 Å². The molecule has 0 amide bonds. The second-order valence-corrected chi connectivity index (χ2v) is 7.04. The van der Waals surface area contributed by atoms with Crippen molar-refractivity contribution >= 4 is 17.6 Å². The van der Waals surface area contributed by atoms with E-state index >= 15 is 0 Å². The van der Waals surface area contributed by atoms with Crippen molar-refractivity contribution in [3.8, 4) is 0 Å². The van der Waals surface area contributed by atoms with Gasteiger partial charge in [0.15, 0.2) is 0 Å². The Morgan fingerprint density at radius 2 is 2.15 bits per heavy atom. The van der Waals surface area contributed by atoms with Crippen molar-refractivity contribution in [1.29, 1.82) is 0 Å². The van der Waals surface area contributed by atoms with E-state index in [0.717, 1.165) is 49.8 Å². The number of methoxy groups -OCH3 is 1. The van der Waals surface area contributed by atoms with Gasteiger partial charge < -0.3 is 20.1 Å². The number of aliphatic hydroxyl groups excluding tert-OH is 1. The van der Waals surface area contributed by atoms with E-state index in [1.54, 1.807) is 0 Å². The minimum atomic E-state index is -0.301. The Morgan fingerprint density at radius 1 is 1.30 bits per heavy atom. The maximum atomic E-state index is 11.7. The summed E-state index contributed by atoms with van der Waals surface area (Å²) in [7, 11) is 1.40. The minimum absolute atomic E-state index is 0.0672. The molecule has 142 valence electrons. The van der Waals surface area contributed by atoms with Gasteiger partial charge in [0.2, 0.25) is 0 Å². The monoisotopic (exact) mass is 368 g/mol. The molecule has 1 aliphatic heterocycles. The number of carbonyl (C=O) groups excluding carboxylic acids is 1. The fraction of sp³-hybridized carbons (Fsp3) is 0.450. The van der Waals surface area contributed by atoms with E-state index in [-0.39, 0.29) is 12.6 Å². The second kappa shape index (κ2) is 7.52. The number of fused-ring (bicyclic) bond motifs is 1. The number of anilines is 2. The van der Waals surface area contributed by atoms with Gasteiger partial charge >= 0.3 is 5.97 Å². The number of hydrogen-bond acceptors (Lipinski definition) is 7. The van der Waals surface area contributed by atoms with Crippen LogP contribution in [-0.4, -0.2) is 47.8 Å². The van der Waals surface area contributed by atoms with E-state index in [1.165, 1.54) is 18.2 Å². The van der Waals surface area contributed by atoms with Crippen LogP contribution in [0.4, 0.5) is 11.6 Å². The SMILES string of the molecule is COC(=O)c1ccc2c(c1)CCN(c1cc(NCCO)nc(C3CC3)n1)C2. The summed E-state index contributed by atoms with van der Waals surface area (Å²) >= 11 is 0. The van der Waals surface area contributed by atoms with Crippen LogP contribution in [0.25, 0.3) is 0 Å². The Labute approximate surface area is 158 Å². The first-order valence-electron chi connectivity index (χ1n) is 9.36. The number of esters is 1. The molecule has 0 atom stereocenters. The number of aliphatic hydroxyl groups is 1. The summed E-state index contributed by atoms with van der Waals surface area (Å²) in [4.78, 5) is 23.4. The number of rotatable bonds is 6. The van der Waals surface area contributed by atoms with Gasteiger partial charge in [-0.3, -0.25) is 0 Å². The zero-order chi connectivity index (χ0) is 18.8. The van der Waals surface area contributed by atoms with Crippen molar-refractivity contribution in [2.45, 2.75) is 31.7 Å². The molecule has 7 nitrogen and oxygen atoms in total. The van der Waals surface area contributed by atoms with E-state index < -0.39 is 0 Å². The number of nitrogens with one attached hydrogen (secondary N) is 1. The van der Waals surface area contributed by atoms with Gasteiger partial charge in [-0.25, -0.2) is 14.8 Å². The summed E-state index contributed by atoms with van der Waals surface area (Å²) < 4.78 is 4.81. The standard InChI is InChI=1S/C20H24N4O3/c1-27-20(26)15-4-5-16-12-24(8-6-14(16)10-15)18-11-17(21-7-9-25)22-19(23-18)13-2-3-13/h4-5,10-11,13,25H,2-3,6-9,12H2,1H3,(H,21,22,23). The molecular weight excluding hydrogens is 344 g/mol. The van der Waals surface area contributed by atoms with Gasteiger partial charge in [0.1, 0.15) is 17.5 Å². The number of aromatic nitrogens is 2. The highest BCUT2D eigenvalue weighted by Crippen LogP contribution is 2.39. The Hall–Kier alpha value is -2.67. The third-order valence-electron chi connectivity index (χ3n) is 5.05. The van der Waals surface area contributed by atoms with Crippen LogP contribution in [0.15, 0.2) is 24.3 Å². The largest absolute Gasteiger partial charge is 0.465 e. The molecule has 2 aliphatic rings. The maximum Gasteiger partial charge on any atom is 0.337 e. The van der Waals surface area contributed by atoms with Gasteiger partial charge in [0.25, 0.3) is 0 Å². The smallest absolute Gasteiger partial charge is 0.337 e. The molecule has 0 radical (unpaired) electrons. The minimum Gasteiger partial charge on any atom is -0.465 e. The van der Waals surface area contributed by atoms with Crippen molar-refractivity contribution in [3.05, 3.63) is 46.8 Å². The molecule has 27 heavy (non-hydrogen) atoms. The summed E-state index contributed by atoms with van der Waals surface area (Å²) in [5, 5.41) is 12.2. The lowest BCUT2D eigenvalue weighted by Gasteiger charge is -2.30. The summed E-state index contributed by atoms with van der Waals surface area (Å²) in [6.07, 6.45) is 3.13. The normalized spacial score (nSPS) is 16.0. The first-order chi connectivity index (χ1) is 13.2. The predicted octanol–water partition coefficient (Wildman–Crippen LogP) is 2.11. The third-order valence-corrected chi connectivity index (χ3v) is 5.05. The van der Waals surface area contributed by atoms with E-state index in [4.69, 9.17) is 14.8 Å². The highest BCUT2D eigenvalue weighted by molar-refractivity contribution is 5.89. The molecule has 0 bridgehead atoms. The number of hydrogen-bond donors (Lipinski definition) is 2. The molecule has 0 spiro atoms. The van der Waals surface area contributed by atoms with Gasteiger partial charge in [0, 0.05) is 31.6 Å². The lowest BCUT2D eigenvalue weighted by atomic mass is 9.97. The Bertz CT molecular complexity index is 851. The molecule has 2 N–H and O–H groups in total. The molecule has 0 saturated heterocycles. The van der Waals surface area contributed by atoms with Crippen molar-refractivity contribution < 1.29 is 14.6 Å². The summed E-state index contributed by atoms with van der Waals surface area (Å²) in [6.45, 7) is 2.12. The topological polar surface area (TPSA) is 87.6 Å². The van der Waals surface area contributed by atoms with Crippen molar-refractivity contribution in [3.63, 3.8) is 0 Å². The molecule has 2 aromatic rings. The van der Waals surface area contributed by atoms with Crippen LogP contribution in [0.2, 0.25) is 0 Å². The number of benzene rings is 1. The number of carbonyl (C=O) groups is 1. The molecule has 1 aromatic heterocycles. The van der Waals surface area contributed by atoms with Gasteiger partial charge in [0.05, 0.1) is 19.3 Å². The van der Waals surface area contributed by atoms with Gasteiger partial charge in [-0.2, -0.15) is 0 Å². The van der Waals surface area contributed by atoms with Crippen LogP contribution in [0, 0.1) is 0 Å². The fourth-order valence-electron chi connectivity index (χ4n) is 3.41. The second-order valence-electron chi connectivity index (χ2n) is 7.04. The molecular formula is C20H24N4O3. The van der Waals surface area contributed by atoms with Gasteiger partial charge in [-0.15, -0.1) is 0 Å². The average molecular weight is 368 g/mol. The van der Waals surface area contributed by atoms with Crippen LogP contribution in [0.5, 0.6) is 0 Å². The molecule has 1 aromatic carbocycles. The summed E-state index contributed by atoms with van der Waals surface area (Å²) in [6, 6.07) is 7.71. The number of nitrogens with zero attached hydrogens (tertiary/aromatic N) is 3. The van der Waals surface area contributed by atoms with Crippen LogP contribution in [0.1, 0.15) is 46.1 Å². The van der Waals surface area contributed by atoms with Gasteiger partial charge in [-0.05, 0) is 42.5 Å². The van der Waals surface area contributed by atoms with Crippen molar-refractivity contribution in [2.24, 2.45) is 0 Å². The molecule has 1 fully saturated rings. The average Bonchev–Trinajstić information content (AvgIpc) is 3.56. The highest BCUT2D eigenvalue weighted by atomic mass is 16.5. The molecule has 7 heteroatoms. The first kappa shape index (κ1) is 17.7.